The maximum Gasteiger partial charge on any atom is 0.327 e. The van der Waals surface area contributed by atoms with Crippen molar-refractivity contribution in [3.8, 4) is 6.07 Å². The molecule has 1 aliphatic heterocycles. The third kappa shape index (κ3) is 1.95. The molecule has 3 aromatic rings. The molecule has 4 rings (SSSR count). The van der Waals surface area contributed by atoms with Crippen molar-refractivity contribution in [1.82, 2.24) is 20.2 Å². The monoisotopic (exact) mass is 320 g/mol. The summed E-state index contributed by atoms with van der Waals surface area (Å²) in [6, 6.07) is 9.08. The van der Waals surface area contributed by atoms with Crippen molar-refractivity contribution >= 4 is 11.6 Å². The lowest BCUT2D eigenvalue weighted by Gasteiger charge is -2.25. The van der Waals surface area contributed by atoms with Gasteiger partial charge in [-0.1, -0.05) is 12.1 Å². The number of nitrogens with zero attached hydrogens (tertiary/aromatic N) is 2. The predicted octanol–water partition coefficient (Wildman–Crippen LogP) is 1.20. The minimum atomic E-state index is -0.583. The number of aromatic nitrogens is 4. The first-order chi connectivity index (χ1) is 11.6. The molecule has 4 N–H and O–H groups in total. The molecule has 118 valence electrons. The summed E-state index contributed by atoms with van der Waals surface area (Å²) in [5, 5.41) is 19.1. The highest BCUT2D eigenvalue weighted by Gasteiger charge is 2.33. The van der Waals surface area contributed by atoms with E-state index in [1.807, 2.05) is 6.92 Å². The third-order valence-electron chi connectivity index (χ3n) is 4.17. The van der Waals surface area contributed by atoms with E-state index in [9.17, 15) is 9.59 Å². The molecule has 24 heavy (non-hydrogen) atoms. The summed E-state index contributed by atoms with van der Waals surface area (Å²) in [5.74, 6) is 0.496. The molecule has 0 aliphatic carbocycles. The number of aromatic amines is 3. The van der Waals surface area contributed by atoms with Crippen LogP contribution in [0.5, 0.6) is 0 Å². The van der Waals surface area contributed by atoms with Crippen LogP contribution in [0, 0.1) is 18.3 Å². The Kier molecular flexibility index (Phi) is 2.90. The molecule has 0 saturated carbocycles. The van der Waals surface area contributed by atoms with Gasteiger partial charge in [0, 0.05) is 17.2 Å². The summed E-state index contributed by atoms with van der Waals surface area (Å²) < 4.78 is 0. The molecule has 8 heteroatoms. The second-order valence-electron chi connectivity index (χ2n) is 5.60. The first-order valence-electron chi connectivity index (χ1n) is 7.27. The van der Waals surface area contributed by atoms with Crippen molar-refractivity contribution in [2.45, 2.75) is 12.8 Å². The molecule has 0 radical (unpaired) electrons. The van der Waals surface area contributed by atoms with Crippen LogP contribution in [0.4, 0.5) is 11.6 Å². The van der Waals surface area contributed by atoms with Crippen LogP contribution in [0.1, 0.15) is 33.9 Å². The van der Waals surface area contributed by atoms with Gasteiger partial charge in [-0.05, 0) is 24.6 Å². The van der Waals surface area contributed by atoms with E-state index in [2.05, 4.69) is 31.6 Å². The summed E-state index contributed by atoms with van der Waals surface area (Å²) in [5.41, 5.74) is 2.40. The highest BCUT2D eigenvalue weighted by Crippen LogP contribution is 2.42. The second kappa shape index (κ2) is 4.96. The van der Waals surface area contributed by atoms with Gasteiger partial charge in [0.15, 0.2) is 5.82 Å². The van der Waals surface area contributed by atoms with Crippen LogP contribution in [0.15, 0.2) is 33.9 Å². The van der Waals surface area contributed by atoms with E-state index in [1.165, 1.54) is 0 Å². The molecule has 0 spiro atoms. The fraction of sp³-hybridized carbons (Fsp3) is 0.125. The van der Waals surface area contributed by atoms with Crippen molar-refractivity contribution in [2.75, 3.05) is 5.32 Å². The van der Waals surface area contributed by atoms with Gasteiger partial charge in [0.25, 0.3) is 5.56 Å². The average molecular weight is 320 g/mol. The van der Waals surface area contributed by atoms with Crippen LogP contribution in [-0.4, -0.2) is 20.2 Å². The van der Waals surface area contributed by atoms with E-state index < -0.39 is 17.2 Å². The number of anilines is 2. The lowest BCUT2D eigenvalue weighted by Crippen LogP contribution is -2.31. The van der Waals surface area contributed by atoms with Crippen molar-refractivity contribution in [2.24, 2.45) is 0 Å². The first kappa shape index (κ1) is 14.0. The summed E-state index contributed by atoms with van der Waals surface area (Å²) >= 11 is 0. The molecule has 0 amide bonds. The number of nitrogens with one attached hydrogen (secondary N) is 4. The van der Waals surface area contributed by atoms with Gasteiger partial charge in [-0.25, -0.2) is 4.79 Å². The first-order valence-corrected chi connectivity index (χ1v) is 7.27. The minimum absolute atomic E-state index is 0.331. The van der Waals surface area contributed by atoms with Gasteiger partial charge in [0.1, 0.15) is 5.82 Å². The zero-order valence-electron chi connectivity index (χ0n) is 12.6. The van der Waals surface area contributed by atoms with E-state index >= 15 is 0 Å². The molecular weight excluding hydrogens is 308 g/mol. The summed E-state index contributed by atoms with van der Waals surface area (Å²) in [6.45, 7) is 1.87. The fourth-order valence-electron chi connectivity index (χ4n) is 3.10. The smallest absolute Gasteiger partial charge is 0.324 e. The molecule has 3 heterocycles. The van der Waals surface area contributed by atoms with Gasteiger partial charge in [-0.15, -0.1) is 0 Å². The molecule has 1 atom stereocenters. The van der Waals surface area contributed by atoms with Gasteiger partial charge in [0.2, 0.25) is 0 Å². The number of H-pyrrole nitrogens is 3. The van der Waals surface area contributed by atoms with Crippen LogP contribution in [0.25, 0.3) is 0 Å². The molecule has 2 aromatic heterocycles. The second-order valence-corrected chi connectivity index (χ2v) is 5.60. The molecule has 8 nitrogen and oxygen atoms in total. The Morgan fingerprint density at radius 3 is 2.58 bits per heavy atom. The quantitative estimate of drug-likeness (QED) is 0.419. The van der Waals surface area contributed by atoms with Gasteiger partial charge in [-0.2, -0.15) is 10.4 Å². The molecule has 1 aliphatic rings. The highest BCUT2D eigenvalue weighted by molar-refractivity contribution is 5.71. The van der Waals surface area contributed by atoms with Crippen LogP contribution >= 0.6 is 0 Å². The lowest BCUT2D eigenvalue weighted by atomic mass is 9.83. The van der Waals surface area contributed by atoms with Crippen molar-refractivity contribution in [3.63, 3.8) is 0 Å². The standard InChI is InChI=1S/C16H12N6O2/c1-7-10-11(9-4-2-8(6-17)3-5-9)12-13(18-14(10)22-21-7)19-16(24)20-15(12)23/h2-5,11H,1H3,(H4,18,19,20,21,22,23,24). The normalized spacial score (nSPS) is 15.1. The Balaban J connectivity index is 2.02. The Bertz CT molecular complexity index is 1100. The largest absolute Gasteiger partial charge is 0.327 e. The van der Waals surface area contributed by atoms with Crippen molar-refractivity contribution in [1.29, 1.82) is 5.26 Å². The van der Waals surface area contributed by atoms with E-state index in [4.69, 9.17) is 5.26 Å². The maximum absolute atomic E-state index is 12.4. The zero-order chi connectivity index (χ0) is 16.8. The number of fused-ring (bicyclic) bond motifs is 2. The number of aryl methyl sites for hydroxylation is 1. The molecular formula is C16H12N6O2. The average Bonchev–Trinajstić information content (AvgIpc) is 2.94. The van der Waals surface area contributed by atoms with Gasteiger partial charge in [0.05, 0.1) is 17.2 Å². The Labute approximate surface area is 135 Å². The van der Waals surface area contributed by atoms with E-state index in [0.717, 1.165) is 16.8 Å². The molecule has 0 saturated heterocycles. The van der Waals surface area contributed by atoms with Crippen molar-refractivity contribution in [3.05, 3.63) is 73.1 Å². The number of nitriles is 1. The zero-order valence-corrected chi connectivity index (χ0v) is 12.6. The summed E-state index contributed by atoms with van der Waals surface area (Å²) in [6.07, 6.45) is 0. The van der Waals surface area contributed by atoms with Gasteiger partial charge < -0.3 is 5.32 Å². The number of hydrogen-bond acceptors (Lipinski definition) is 5. The van der Waals surface area contributed by atoms with Crippen LogP contribution < -0.4 is 16.6 Å². The van der Waals surface area contributed by atoms with Gasteiger partial charge >= 0.3 is 5.69 Å². The third-order valence-corrected chi connectivity index (χ3v) is 4.17. The lowest BCUT2D eigenvalue weighted by molar-refractivity contribution is 0.881. The SMILES string of the molecule is Cc1[nH]nc2c1C(c1ccc(C#N)cc1)c1c([nH]c(=O)[nH]c1=O)N2. The fourth-order valence-corrected chi connectivity index (χ4v) is 3.10. The number of rotatable bonds is 1. The van der Waals surface area contributed by atoms with Crippen LogP contribution in [0.3, 0.4) is 0 Å². The topological polar surface area (TPSA) is 130 Å². The highest BCUT2D eigenvalue weighted by atomic mass is 16.2. The predicted molar refractivity (Wildman–Crippen MR) is 86.4 cm³/mol. The maximum atomic E-state index is 12.4. The Hall–Kier alpha value is -3.60. The van der Waals surface area contributed by atoms with Gasteiger partial charge in [-0.3, -0.25) is 19.9 Å². The molecule has 0 bridgehead atoms. The summed E-state index contributed by atoms with van der Waals surface area (Å²) in [7, 11) is 0. The van der Waals surface area contributed by atoms with E-state index in [-0.39, 0.29) is 0 Å². The van der Waals surface area contributed by atoms with Crippen LogP contribution in [-0.2, 0) is 0 Å². The minimum Gasteiger partial charge on any atom is -0.324 e. The summed E-state index contributed by atoms with van der Waals surface area (Å²) in [4.78, 5) is 28.9. The Morgan fingerprint density at radius 1 is 1.12 bits per heavy atom. The Morgan fingerprint density at radius 2 is 1.88 bits per heavy atom. The van der Waals surface area contributed by atoms with E-state index in [1.54, 1.807) is 24.3 Å². The van der Waals surface area contributed by atoms with E-state index in [0.29, 0.717) is 22.8 Å². The molecule has 1 unspecified atom stereocenters. The molecule has 1 aromatic carbocycles. The molecule has 0 fully saturated rings. The van der Waals surface area contributed by atoms with Crippen LogP contribution in [0.2, 0.25) is 0 Å². The number of benzene rings is 1. The number of hydrogen-bond donors (Lipinski definition) is 4. The van der Waals surface area contributed by atoms with Crippen molar-refractivity contribution < 1.29 is 0 Å².